The highest BCUT2D eigenvalue weighted by atomic mass is 79.9. The van der Waals surface area contributed by atoms with E-state index in [-0.39, 0.29) is 5.91 Å². The number of benzene rings is 1. The average molecular weight is 254 g/mol. The molecule has 0 radical (unpaired) electrons. The Bertz CT molecular complexity index is 360. The van der Waals surface area contributed by atoms with Gasteiger partial charge in [0.05, 0.1) is 5.33 Å². The van der Waals surface area contributed by atoms with Crippen molar-refractivity contribution in [3.05, 3.63) is 35.9 Å². The van der Waals surface area contributed by atoms with E-state index in [9.17, 15) is 4.79 Å². The topological polar surface area (TPSA) is 29.1 Å². The molecule has 0 atom stereocenters. The van der Waals surface area contributed by atoms with E-state index < -0.39 is 0 Å². The molecule has 74 valence electrons. The fraction of sp³-hybridized carbons (Fsp3) is 0.182. The number of hydrogen-bond acceptors (Lipinski definition) is 1. The van der Waals surface area contributed by atoms with Crippen molar-refractivity contribution in [3.8, 4) is 0 Å². The predicted molar refractivity (Wildman–Crippen MR) is 63.7 cm³/mol. The van der Waals surface area contributed by atoms with E-state index >= 15 is 0 Å². The normalized spacial score (nSPS) is 9.57. The third-order valence-electron chi connectivity index (χ3n) is 1.82. The molecule has 0 heterocycles. The van der Waals surface area contributed by atoms with Gasteiger partial charge in [-0.1, -0.05) is 40.2 Å². The molecule has 14 heavy (non-hydrogen) atoms. The van der Waals surface area contributed by atoms with Crippen LogP contribution in [-0.2, 0) is 4.79 Å². The van der Waals surface area contributed by atoms with Crippen LogP contribution >= 0.6 is 15.9 Å². The Hall–Kier alpha value is -1.09. The number of alkyl halides is 1. The quantitative estimate of drug-likeness (QED) is 0.825. The first-order chi connectivity index (χ1) is 6.67. The number of halogens is 1. The van der Waals surface area contributed by atoms with Gasteiger partial charge >= 0.3 is 0 Å². The highest BCUT2D eigenvalue weighted by Crippen LogP contribution is 2.18. The van der Waals surface area contributed by atoms with Gasteiger partial charge < -0.3 is 5.32 Å². The van der Waals surface area contributed by atoms with E-state index in [0.717, 1.165) is 16.8 Å². The molecule has 0 spiro atoms. The van der Waals surface area contributed by atoms with Crippen LogP contribution in [0.4, 0.5) is 5.69 Å². The molecule has 1 N–H and O–H groups in total. The maximum Gasteiger partial charge on any atom is 0.235 e. The lowest BCUT2D eigenvalue weighted by molar-refractivity contribution is -0.113. The number of carbonyl (C=O) groups is 1. The van der Waals surface area contributed by atoms with Gasteiger partial charge in [-0.05, 0) is 24.6 Å². The minimum absolute atomic E-state index is 0.0584. The van der Waals surface area contributed by atoms with Crippen LogP contribution in [0.3, 0.4) is 0 Å². The fourth-order valence-electron chi connectivity index (χ4n) is 1.15. The van der Waals surface area contributed by atoms with Crippen LogP contribution in [0.1, 0.15) is 11.1 Å². The smallest absolute Gasteiger partial charge is 0.235 e. The second kappa shape index (κ2) is 4.96. The van der Waals surface area contributed by atoms with Crippen molar-refractivity contribution >= 4 is 33.6 Å². The highest BCUT2D eigenvalue weighted by molar-refractivity contribution is 9.09. The molecule has 1 amide bonds. The van der Waals surface area contributed by atoms with E-state index in [2.05, 4.69) is 27.8 Å². The standard InChI is InChI=1S/C11H12BrNO/c1-3-9-6-8(2)4-5-10(9)13-11(14)7-12/h3-6H,1,7H2,2H3,(H,13,14). The van der Waals surface area contributed by atoms with Gasteiger partial charge in [0.15, 0.2) is 0 Å². The van der Waals surface area contributed by atoms with Gasteiger partial charge in [-0.3, -0.25) is 4.79 Å². The molecule has 0 aliphatic carbocycles. The Kier molecular flexibility index (Phi) is 3.89. The molecule has 0 aromatic heterocycles. The monoisotopic (exact) mass is 253 g/mol. The van der Waals surface area contributed by atoms with Gasteiger partial charge in [-0.2, -0.15) is 0 Å². The highest BCUT2D eigenvalue weighted by Gasteiger charge is 2.03. The van der Waals surface area contributed by atoms with Crippen molar-refractivity contribution in [2.24, 2.45) is 0 Å². The van der Waals surface area contributed by atoms with Crippen molar-refractivity contribution in [1.29, 1.82) is 0 Å². The summed E-state index contributed by atoms with van der Waals surface area (Å²) < 4.78 is 0. The second-order valence-electron chi connectivity index (χ2n) is 2.98. The van der Waals surface area contributed by atoms with Gasteiger partial charge in [0.25, 0.3) is 0 Å². The molecule has 1 rings (SSSR count). The minimum atomic E-state index is -0.0584. The Morgan fingerprint density at radius 1 is 1.64 bits per heavy atom. The van der Waals surface area contributed by atoms with Gasteiger partial charge in [0.1, 0.15) is 0 Å². The molecule has 1 aromatic carbocycles. The maximum atomic E-state index is 11.1. The first-order valence-electron chi connectivity index (χ1n) is 4.26. The Morgan fingerprint density at radius 3 is 2.93 bits per heavy atom. The molecule has 0 fully saturated rings. The van der Waals surface area contributed by atoms with Crippen LogP contribution in [-0.4, -0.2) is 11.2 Å². The van der Waals surface area contributed by atoms with Gasteiger partial charge in [-0.25, -0.2) is 0 Å². The van der Waals surface area contributed by atoms with Gasteiger partial charge in [0, 0.05) is 5.69 Å². The molecule has 0 saturated carbocycles. The molecule has 0 saturated heterocycles. The van der Waals surface area contributed by atoms with Crippen molar-refractivity contribution < 1.29 is 4.79 Å². The summed E-state index contributed by atoms with van der Waals surface area (Å²) in [5, 5.41) is 3.08. The summed E-state index contributed by atoms with van der Waals surface area (Å²) in [4.78, 5) is 11.1. The van der Waals surface area contributed by atoms with Crippen molar-refractivity contribution in [2.45, 2.75) is 6.92 Å². The molecule has 3 heteroatoms. The number of carbonyl (C=O) groups excluding carboxylic acids is 1. The third-order valence-corrected chi connectivity index (χ3v) is 2.33. The van der Waals surface area contributed by atoms with E-state index in [0.29, 0.717) is 5.33 Å². The van der Waals surface area contributed by atoms with E-state index in [1.165, 1.54) is 0 Å². The second-order valence-corrected chi connectivity index (χ2v) is 3.54. The van der Waals surface area contributed by atoms with E-state index in [1.807, 2.05) is 25.1 Å². The Balaban J connectivity index is 2.96. The van der Waals surface area contributed by atoms with Crippen molar-refractivity contribution in [3.63, 3.8) is 0 Å². The Morgan fingerprint density at radius 2 is 2.36 bits per heavy atom. The first kappa shape index (κ1) is 11.0. The Labute approximate surface area is 92.1 Å². The van der Waals surface area contributed by atoms with E-state index in [1.54, 1.807) is 6.08 Å². The zero-order valence-corrected chi connectivity index (χ0v) is 9.60. The number of hydrogen-bond donors (Lipinski definition) is 1. The van der Waals surface area contributed by atoms with Crippen LogP contribution in [0.15, 0.2) is 24.8 Å². The number of aryl methyl sites for hydroxylation is 1. The molecule has 0 unspecified atom stereocenters. The summed E-state index contributed by atoms with van der Waals surface area (Å²) in [6.07, 6.45) is 1.73. The summed E-state index contributed by atoms with van der Waals surface area (Å²) in [7, 11) is 0. The molecule has 2 nitrogen and oxygen atoms in total. The first-order valence-corrected chi connectivity index (χ1v) is 5.38. The van der Waals surface area contributed by atoms with Crippen molar-refractivity contribution in [1.82, 2.24) is 0 Å². The zero-order chi connectivity index (χ0) is 10.6. The fourth-order valence-corrected chi connectivity index (χ4v) is 1.29. The van der Waals surface area contributed by atoms with Crippen LogP contribution in [0, 0.1) is 6.92 Å². The van der Waals surface area contributed by atoms with Crippen LogP contribution in [0.2, 0.25) is 0 Å². The summed E-state index contributed by atoms with van der Waals surface area (Å²) >= 11 is 3.10. The largest absolute Gasteiger partial charge is 0.325 e. The van der Waals surface area contributed by atoms with Crippen LogP contribution in [0.5, 0.6) is 0 Å². The van der Waals surface area contributed by atoms with Crippen LogP contribution < -0.4 is 5.32 Å². The maximum absolute atomic E-state index is 11.1. The lowest BCUT2D eigenvalue weighted by Gasteiger charge is -2.07. The molecule has 0 bridgehead atoms. The lowest BCUT2D eigenvalue weighted by atomic mass is 10.1. The number of anilines is 1. The third kappa shape index (κ3) is 2.70. The molecule has 0 aliphatic heterocycles. The number of rotatable bonds is 3. The zero-order valence-electron chi connectivity index (χ0n) is 8.01. The van der Waals surface area contributed by atoms with Crippen molar-refractivity contribution in [2.75, 3.05) is 10.6 Å². The summed E-state index contributed by atoms with van der Waals surface area (Å²) in [5.74, 6) is -0.0584. The summed E-state index contributed by atoms with van der Waals surface area (Å²) in [5.41, 5.74) is 2.89. The average Bonchev–Trinajstić information content (AvgIpc) is 2.20. The molecular formula is C11H12BrNO. The minimum Gasteiger partial charge on any atom is -0.325 e. The SMILES string of the molecule is C=Cc1cc(C)ccc1NC(=O)CBr. The van der Waals surface area contributed by atoms with Gasteiger partial charge in [-0.15, -0.1) is 0 Å². The van der Waals surface area contributed by atoms with Crippen LogP contribution in [0.25, 0.3) is 6.08 Å². The molecular weight excluding hydrogens is 242 g/mol. The molecule has 1 aromatic rings. The summed E-state index contributed by atoms with van der Waals surface area (Å²) in [6.45, 7) is 5.71. The lowest BCUT2D eigenvalue weighted by Crippen LogP contribution is -2.13. The predicted octanol–water partition coefficient (Wildman–Crippen LogP) is 2.97. The number of amides is 1. The van der Waals surface area contributed by atoms with E-state index in [4.69, 9.17) is 0 Å². The van der Waals surface area contributed by atoms with Gasteiger partial charge in [0.2, 0.25) is 5.91 Å². The number of nitrogens with one attached hydrogen (secondary N) is 1. The summed E-state index contributed by atoms with van der Waals surface area (Å²) in [6, 6.07) is 5.82. The molecule has 0 aliphatic rings.